The highest BCUT2D eigenvalue weighted by Crippen LogP contribution is 2.27. The van der Waals surface area contributed by atoms with Crippen LogP contribution in [0.15, 0.2) is 15.8 Å². The van der Waals surface area contributed by atoms with Crippen molar-refractivity contribution in [3.63, 3.8) is 0 Å². The van der Waals surface area contributed by atoms with Crippen molar-refractivity contribution in [2.45, 2.75) is 31.6 Å². The van der Waals surface area contributed by atoms with Gasteiger partial charge < -0.3 is 14.9 Å². The van der Waals surface area contributed by atoms with Gasteiger partial charge in [-0.3, -0.25) is 14.3 Å². The molecule has 100 valence electrons. The van der Waals surface area contributed by atoms with Gasteiger partial charge in [-0.05, 0) is 13.3 Å². The van der Waals surface area contributed by atoms with Crippen molar-refractivity contribution in [2.24, 2.45) is 0 Å². The fourth-order valence-corrected chi connectivity index (χ4v) is 2.22. The molecule has 0 unspecified atom stereocenters. The number of nitrogens with one attached hydrogen (secondary N) is 1. The minimum absolute atomic E-state index is 0.0923. The quantitative estimate of drug-likeness (QED) is 0.612. The SMILES string of the molecule is Cc1cn([C@@H]2[C@@H](O)CO[C@@H]2CCO)c(=O)[nH]c1=O. The van der Waals surface area contributed by atoms with Crippen LogP contribution in [-0.4, -0.2) is 45.2 Å². The van der Waals surface area contributed by atoms with E-state index in [4.69, 9.17) is 9.84 Å². The van der Waals surface area contributed by atoms with Gasteiger partial charge in [0.25, 0.3) is 5.56 Å². The van der Waals surface area contributed by atoms with Crippen molar-refractivity contribution < 1.29 is 14.9 Å². The number of aliphatic hydroxyl groups excluding tert-OH is 2. The van der Waals surface area contributed by atoms with Gasteiger partial charge >= 0.3 is 5.69 Å². The predicted molar refractivity (Wildman–Crippen MR) is 62.5 cm³/mol. The zero-order chi connectivity index (χ0) is 13.3. The third-order valence-electron chi connectivity index (χ3n) is 3.14. The van der Waals surface area contributed by atoms with E-state index in [1.807, 2.05) is 0 Å². The third kappa shape index (κ3) is 2.24. The molecular formula is C11H16N2O5. The number of nitrogens with zero attached hydrogens (tertiary/aromatic N) is 1. The highest BCUT2D eigenvalue weighted by molar-refractivity contribution is 5.04. The first-order valence-electron chi connectivity index (χ1n) is 5.77. The zero-order valence-electron chi connectivity index (χ0n) is 10.00. The molecule has 2 rings (SSSR count). The Morgan fingerprint density at radius 3 is 2.94 bits per heavy atom. The zero-order valence-corrected chi connectivity index (χ0v) is 10.00. The molecule has 1 aliphatic rings. The number of aromatic nitrogens is 2. The molecule has 7 nitrogen and oxygen atoms in total. The van der Waals surface area contributed by atoms with E-state index in [-0.39, 0.29) is 13.2 Å². The standard InChI is InChI=1S/C11H16N2O5/c1-6-4-13(11(17)12-10(6)16)9-7(15)5-18-8(9)2-3-14/h4,7-9,14-15H,2-3,5H2,1H3,(H,12,16,17)/t7-,8+,9+/m0/s1. The Bertz CT molecular complexity index is 533. The molecule has 3 atom stereocenters. The first kappa shape index (κ1) is 13.0. The number of aryl methyl sites for hydroxylation is 1. The lowest BCUT2D eigenvalue weighted by molar-refractivity contribution is 0.0664. The molecule has 0 radical (unpaired) electrons. The van der Waals surface area contributed by atoms with Gasteiger partial charge in [0.2, 0.25) is 0 Å². The van der Waals surface area contributed by atoms with Crippen molar-refractivity contribution >= 4 is 0 Å². The minimum Gasteiger partial charge on any atom is -0.396 e. The van der Waals surface area contributed by atoms with Gasteiger partial charge in [-0.15, -0.1) is 0 Å². The van der Waals surface area contributed by atoms with Crippen molar-refractivity contribution in [1.82, 2.24) is 9.55 Å². The molecule has 0 aliphatic carbocycles. The highest BCUT2D eigenvalue weighted by Gasteiger charge is 2.37. The summed E-state index contributed by atoms with van der Waals surface area (Å²) in [5.74, 6) is 0. The molecule has 1 saturated heterocycles. The van der Waals surface area contributed by atoms with Crippen molar-refractivity contribution in [3.8, 4) is 0 Å². The van der Waals surface area contributed by atoms with Crippen molar-refractivity contribution in [3.05, 3.63) is 32.6 Å². The molecule has 1 aromatic heterocycles. The smallest absolute Gasteiger partial charge is 0.328 e. The third-order valence-corrected chi connectivity index (χ3v) is 3.14. The van der Waals surface area contributed by atoms with E-state index in [9.17, 15) is 14.7 Å². The lowest BCUT2D eigenvalue weighted by atomic mass is 10.1. The second kappa shape index (κ2) is 5.05. The molecule has 1 aromatic rings. The fourth-order valence-electron chi connectivity index (χ4n) is 2.22. The van der Waals surface area contributed by atoms with Crippen LogP contribution in [0.2, 0.25) is 0 Å². The van der Waals surface area contributed by atoms with Crippen molar-refractivity contribution in [2.75, 3.05) is 13.2 Å². The summed E-state index contributed by atoms with van der Waals surface area (Å²) in [6.45, 7) is 1.60. The van der Waals surface area contributed by atoms with Gasteiger partial charge in [0.1, 0.15) is 6.10 Å². The maximum Gasteiger partial charge on any atom is 0.328 e. The van der Waals surface area contributed by atoms with Crippen molar-refractivity contribution in [1.29, 1.82) is 0 Å². The number of H-pyrrole nitrogens is 1. The van der Waals surface area contributed by atoms with Crippen LogP contribution in [0.1, 0.15) is 18.0 Å². The normalized spacial score (nSPS) is 27.6. The predicted octanol–water partition coefficient (Wildman–Crippen LogP) is -1.47. The Balaban J connectivity index is 2.43. The number of aromatic amines is 1. The molecule has 1 fully saturated rings. The van der Waals surface area contributed by atoms with Gasteiger partial charge in [0.15, 0.2) is 0 Å². The number of ether oxygens (including phenoxy) is 1. The number of hydrogen-bond acceptors (Lipinski definition) is 5. The van der Waals surface area contributed by atoms with Crippen LogP contribution in [0.5, 0.6) is 0 Å². The fraction of sp³-hybridized carbons (Fsp3) is 0.636. The molecule has 0 aromatic carbocycles. The van der Waals surface area contributed by atoms with Crippen LogP contribution < -0.4 is 11.2 Å². The summed E-state index contributed by atoms with van der Waals surface area (Å²) in [5.41, 5.74) is -0.636. The van der Waals surface area contributed by atoms with Gasteiger partial charge in [-0.25, -0.2) is 4.79 Å². The van der Waals surface area contributed by atoms with Crippen LogP contribution in [0.3, 0.4) is 0 Å². The van der Waals surface area contributed by atoms with Crippen LogP contribution in [0, 0.1) is 6.92 Å². The Hall–Kier alpha value is -1.44. The Labute approximate surface area is 103 Å². The van der Waals surface area contributed by atoms with E-state index in [0.717, 1.165) is 0 Å². The first-order chi connectivity index (χ1) is 8.54. The average molecular weight is 256 g/mol. The number of aliphatic hydroxyl groups is 2. The maximum absolute atomic E-state index is 11.8. The second-order valence-corrected chi connectivity index (χ2v) is 4.42. The lowest BCUT2D eigenvalue weighted by Gasteiger charge is -2.22. The summed E-state index contributed by atoms with van der Waals surface area (Å²) in [6, 6.07) is -0.583. The lowest BCUT2D eigenvalue weighted by Crippen LogP contribution is -2.39. The second-order valence-electron chi connectivity index (χ2n) is 4.42. The van der Waals surface area contributed by atoms with E-state index < -0.39 is 29.5 Å². The molecule has 0 spiro atoms. The van der Waals surface area contributed by atoms with Crippen LogP contribution in [-0.2, 0) is 4.74 Å². The van der Waals surface area contributed by atoms with E-state index >= 15 is 0 Å². The monoisotopic (exact) mass is 256 g/mol. The molecule has 3 N–H and O–H groups in total. The van der Waals surface area contributed by atoms with Crippen LogP contribution >= 0.6 is 0 Å². The maximum atomic E-state index is 11.8. The summed E-state index contributed by atoms with van der Waals surface area (Å²) in [4.78, 5) is 25.2. The highest BCUT2D eigenvalue weighted by atomic mass is 16.5. The summed E-state index contributed by atoms with van der Waals surface area (Å²) >= 11 is 0. The average Bonchev–Trinajstić information content (AvgIpc) is 2.66. The minimum atomic E-state index is -0.829. The van der Waals surface area contributed by atoms with Gasteiger partial charge in [-0.2, -0.15) is 0 Å². The van der Waals surface area contributed by atoms with Crippen LogP contribution in [0.4, 0.5) is 0 Å². The van der Waals surface area contributed by atoms with Gasteiger partial charge in [0.05, 0.1) is 18.8 Å². The van der Waals surface area contributed by atoms with Gasteiger partial charge in [-0.1, -0.05) is 0 Å². The van der Waals surface area contributed by atoms with E-state index in [0.29, 0.717) is 12.0 Å². The molecule has 0 bridgehead atoms. The Kier molecular flexibility index (Phi) is 3.65. The molecular weight excluding hydrogens is 240 g/mol. The molecule has 1 aliphatic heterocycles. The number of rotatable bonds is 3. The summed E-state index contributed by atoms with van der Waals surface area (Å²) in [6.07, 6.45) is 0.470. The Morgan fingerprint density at radius 2 is 2.28 bits per heavy atom. The molecule has 0 amide bonds. The number of hydrogen-bond donors (Lipinski definition) is 3. The van der Waals surface area contributed by atoms with E-state index in [2.05, 4.69) is 4.98 Å². The largest absolute Gasteiger partial charge is 0.396 e. The van der Waals surface area contributed by atoms with Gasteiger partial charge in [0, 0.05) is 18.4 Å². The van der Waals surface area contributed by atoms with Crippen LogP contribution in [0.25, 0.3) is 0 Å². The summed E-state index contributed by atoms with van der Waals surface area (Å²) in [5, 5.41) is 18.8. The Morgan fingerprint density at radius 1 is 1.56 bits per heavy atom. The molecule has 7 heteroatoms. The van der Waals surface area contributed by atoms with E-state index in [1.165, 1.54) is 10.8 Å². The molecule has 0 saturated carbocycles. The molecule has 18 heavy (non-hydrogen) atoms. The summed E-state index contributed by atoms with van der Waals surface area (Å²) in [7, 11) is 0. The summed E-state index contributed by atoms with van der Waals surface area (Å²) < 4.78 is 6.61. The van der Waals surface area contributed by atoms with E-state index in [1.54, 1.807) is 6.92 Å². The molecule has 2 heterocycles. The topological polar surface area (TPSA) is 105 Å². The first-order valence-corrected chi connectivity index (χ1v) is 5.77.